The molecule has 1 saturated carbocycles. The van der Waals surface area contributed by atoms with E-state index < -0.39 is 0 Å². The van der Waals surface area contributed by atoms with E-state index in [0.29, 0.717) is 30.7 Å². The normalized spacial score (nSPS) is 22.1. The van der Waals surface area contributed by atoms with Gasteiger partial charge in [0.25, 0.3) is 12.0 Å². The molecular weight excluding hydrogens is 428 g/mol. The molecule has 1 aliphatic heterocycles. The number of amides is 2. The molecule has 10 nitrogen and oxygen atoms in total. The number of para-hydroxylation sites is 1. The fraction of sp³-hybridized carbons (Fsp3) is 0.522. The smallest absolute Gasteiger partial charge is 0.290 e. The molecule has 2 aliphatic rings. The second-order valence-electron chi connectivity index (χ2n) is 8.30. The van der Waals surface area contributed by atoms with Crippen LogP contribution in [0.15, 0.2) is 35.4 Å². The van der Waals surface area contributed by atoms with Gasteiger partial charge < -0.3 is 20.5 Å². The van der Waals surface area contributed by atoms with E-state index in [2.05, 4.69) is 15.6 Å². The number of carbonyl (C=O) groups is 3. The van der Waals surface area contributed by atoms with E-state index >= 15 is 0 Å². The Kier molecular flexibility index (Phi) is 8.94. The number of rotatable bonds is 6. The van der Waals surface area contributed by atoms with Gasteiger partial charge in [-0.1, -0.05) is 12.1 Å². The number of hydrogen-bond donors (Lipinski definition) is 3. The van der Waals surface area contributed by atoms with Crippen molar-refractivity contribution >= 4 is 29.2 Å². The summed E-state index contributed by atoms with van der Waals surface area (Å²) < 4.78 is 6.78. The van der Waals surface area contributed by atoms with Crippen molar-refractivity contribution in [2.75, 3.05) is 13.2 Å². The number of aryl methyl sites for hydroxylation is 1. The van der Waals surface area contributed by atoms with Crippen LogP contribution in [0.2, 0.25) is 0 Å². The Balaban J connectivity index is 0.000000968. The molecule has 2 amide bonds. The average Bonchev–Trinajstić information content (AvgIpc) is 3.33. The first kappa shape index (κ1) is 24.4. The van der Waals surface area contributed by atoms with Crippen LogP contribution in [0, 0.1) is 5.92 Å². The van der Waals surface area contributed by atoms with Crippen LogP contribution in [0.3, 0.4) is 0 Å². The molecule has 3 N–H and O–H groups in total. The molecule has 2 fully saturated rings. The molecule has 4 rings (SSSR count). The number of nitrogens with one attached hydrogen (secondary N) is 2. The summed E-state index contributed by atoms with van der Waals surface area (Å²) in [5.74, 6) is 0.0468. The topological polar surface area (TPSA) is 140 Å². The number of carbonyl (C=O) groups excluding carboxylic acids is 2. The van der Waals surface area contributed by atoms with E-state index in [9.17, 15) is 14.4 Å². The van der Waals surface area contributed by atoms with Gasteiger partial charge in [-0.25, -0.2) is 4.98 Å². The van der Waals surface area contributed by atoms with Crippen LogP contribution in [0.5, 0.6) is 0 Å². The van der Waals surface area contributed by atoms with Gasteiger partial charge in [0.1, 0.15) is 0 Å². The van der Waals surface area contributed by atoms with Crippen LogP contribution < -0.4 is 16.2 Å². The summed E-state index contributed by atoms with van der Waals surface area (Å²) in [7, 11) is 0. The van der Waals surface area contributed by atoms with Gasteiger partial charge in [-0.15, -0.1) is 0 Å². The minimum Gasteiger partial charge on any atom is -0.483 e. The van der Waals surface area contributed by atoms with Crippen molar-refractivity contribution in [2.24, 2.45) is 5.92 Å². The van der Waals surface area contributed by atoms with Crippen molar-refractivity contribution < 1.29 is 24.2 Å². The molecule has 1 aromatic heterocycles. The Morgan fingerprint density at radius 1 is 1.12 bits per heavy atom. The largest absolute Gasteiger partial charge is 0.483 e. The summed E-state index contributed by atoms with van der Waals surface area (Å²) in [6.07, 6.45) is 5.74. The second kappa shape index (κ2) is 12.1. The van der Waals surface area contributed by atoms with Crippen molar-refractivity contribution in [1.82, 2.24) is 20.2 Å². The third-order valence-corrected chi connectivity index (χ3v) is 6.05. The van der Waals surface area contributed by atoms with Gasteiger partial charge in [0.05, 0.1) is 29.9 Å². The van der Waals surface area contributed by atoms with E-state index in [1.54, 1.807) is 18.2 Å². The number of aromatic nitrogens is 2. The Morgan fingerprint density at radius 2 is 1.85 bits per heavy atom. The minimum absolute atomic E-state index is 0.0148. The number of ether oxygens (including phenoxy) is 1. The number of nitrogens with zero attached hydrogens (tertiary/aromatic N) is 2. The zero-order valence-electron chi connectivity index (χ0n) is 18.4. The average molecular weight is 459 g/mol. The highest BCUT2D eigenvalue weighted by Crippen LogP contribution is 2.25. The molecule has 1 saturated heterocycles. The maximum absolute atomic E-state index is 12.5. The number of hydrogen-bond acceptors (Lipinski definition) is 6. The van der Waals surface area contributed by atoms with E-state index in [0.717, 1.165) is 32.1 Å². The number of fused-ring (bicyclic) bond motifs is 1. The lowest BCUT2D eigenvalue weighted by Crippen LogP contribution is -2.43. The van der Waals surface area contributed by atoms with Crippen LogP contribution in [0.4, 0.5) is 0 Å². The number of carboxylic acid groups (broad SMARTS) is 1. The second-order valence-corrected chi connectivity index (χ2v) is 8.30. The first-order chi connectivity index (χ1) is 16.0. The summed E-state index contributed by atoms with van der Waals surface area (Å²) in [6.45, 7) is 1.36. The fourth-order valence-corrected chi connectivity index (χ4v) is 4.25. The van der Waals surface area contributed by atoms with Gasteiger partial charge in [-0.05, 0) is 44.2 Å². The molecule has 2 aromatic rings. The van der Waals surface area contributed by atoms with Gasteiger partial charge in [0.15, 0.2) is 0 Å². The fourth-order valence-electron chi connectivity index (χ4n) is 4.25. The molecule has 178 valence electrons. The zero-order chi connectivity index (χ0) is 23.6. The minimum atomic E-state index is -0.250. The van der Waals surface area contributed by atoms with Crippen LogP contribution in [-0.2, 0) is 25.7 Å². The summed E-state index contributed by atoms with van der Waals surface area (Å²) in [5, 5.41) is 13.6. The molecular formula is C23H30N4O6. The summed E-state index contributed by atoms with van der Waals surface area (Å²) in [5.41, 5.74) is 0.525. The van der Waals surface area contributed by atoms with Crippen LogP contribution in [0.1, 0.15) is 38.5 Å². The van der Waals surface area contributed by atoms with Crippen molar-refractivity contribution in [3.8, 4) is 0 Å². The van der Waals surface area contributed by atoms with Crippen LogP contribution in [0.25, 0.3) is 10.9 Å². The molecule has 1 unspecified atom stereocenters. The predicted octanol–water partition coefficient (Wildman–Crippen LogP) is 1.07. The zero-order valence-corrected chi connectivity index (χ0v) is 18.4. The highest BCUT2D eigenvalue weighted by Gasteiger charge is 2.29. The molecule has 0 radical (unpaired) electrons. The standard InChI is InChI=1S/C22H28N4O4.CH2O2/c27-20(9-11-26-14-23-19-4-2-1-3-18(19)22(26)29)24-16-7-5-15(6-8-16)21(28)25-17-10-12-30-13-17;2-1-3/h1-4,14-17H,5-13H2,(H,24,27)(H,25,28);1H,(H,2,3). The Labute approximate surface area is 191 Å². The summed E-state index contributed by atoms with van der Waals surface area (Å²) in [4.78, 5) is 49.9. The Bertz CT molecular complexity index is 1010. The quantitative estimate of drug-likeness (QED) is 0.550. The van der Waals surface area contributed by atoms with Crippen molar-refractivity contribution in [2.45, 2.75) is 57.2 Å². The van der Waals surface area contributed by atoms with Gasteiger partial charge >= 0.3 is 0 Å². The first-order valence-corrected chi connectivity index (χ1v) is 11.2. The molecule has 1 aromatic carbocycles. The van der Waals surface area contributed by atoms with Crippen LogP contribution in [-0.4, -0.2) is 58.2 Å². The lowest BCUT2D eigenvalue weighted by atomic mass is 9.85. The Morgan fingerprint density at radius 3 is 2.55 bits per heavy atom. The van der Waals surface area contributed by atoms with E-state index in [4.69, 9.17) is 14.6 Å². The molecule has 2 heterocycles. The highest BCUT2D eigenvalue weighted by atomic mass is 16.5. The van der Waals surface area contributed by atoms with E-state index in [1.165, 1.54) is 10.9 Å². The van der Waals surface area contributed by atoms with E-state index in [-0.39, 0.29) is 48.3 Å². The van der Waals surface area contributed by atoms with Crippen molar-refractivity contribution in [1.29, 1.82) is 0 Å². The van der Waals surface area contributed by atoms with Gasteiger partial charge in [-0.3, -0.25) is 23.7 Å². The number of benzene rings is 1. The van der Waals surface area contributed by atoms with Crippen molar-refractivity contribution in [3.63, 3.8) is 0 Å². The molecule has 0 spiro atoms. The van der Waals surface area contributed by atoms with Crippen molar-refractivity contribution in [3.05, 3.63) is 40.9 Å². The Hall–Kier alpha value is -3.27. The monoisotopic (exact) mass is 458 g/mol. The maximum Gasteiger partial charge on any atom is 0.290 e. The predicted molar refractivity (Wildman–Crippen MR) is 121 cm³/mol. The third kappa shape index (κ3) is 6.85. The molecule has 33 heavy (non-hydrogen) atoms. The summed E-state index contributed by atoms with van der Waals surface area (Å²) in [6, 6.07) is 7.42. The summed E-state index contributed by atoms with van der Waals surface area (Å²) >= 11 is 0. The van der Waals surface area contributed by atoms with Crippen LogP contribution >= 0.6 is 0 Å². The maximum atomic E-state index is 12.5. The van der Waals surface area contributed by atoms with Gasteiger partial charge in [0.2, 0.25) is 11.8 Å². The molecule has 10 heteroatoms. The third-order valence-electron chi connectivity index (χ3n) is 6.05. The lowest BCUT2D eigenvalue weighted by molar-refractivity contribution is -0.127. The highest BCUT2D eigenvalue weighted by molar-refractivity contribution is 5.79. The first-order valence-electron chi connectivity index (χ1n) is 11.2. The molecule has 1 aliphatic carbocycles. The lowest BCUT2D eigenvalue weighted by Gasteiger charge is -2.29. The molecule has 1 atom stereocenters. The van der Waals surface area contributed by atoms with E-state index in [1.807, 2.05) is 6.07 Å². The van der Waals surface area contributed by atoms with Gasteiger partial charge in [-0.2, -0.15) is 0 Å². The van der Waals surface area contributed by atoms with Gasteiger partial charge in [0, 0.05) is 31.5 Å². The molecule has 0 bridgehead atoms. The SMILES string of the molecule is O=C(CCn1cnc2ccccc2c1=O)NC1CCC(C(=O)NC2CCOC2)CC1.O=CO.